The van der Waals surface area contributed by atoms with Gasteiger partial charge in [0.1, 0.15) is 6.29 Å². The lowest BCUT2D eigenvalue weighted by Crippen LogP contribution is -1.94. The highest BCUT2D eigenvalue weighted by Crippen LogP contribution is 2.13. The van der Waals surface area contributed by atoms with Crippen molar-refractivity contribution >= 4 is 6.29 Å². The minimum Gasteiger partial charge on any atom is -0.298 e. The molecule has 0 aromatic rings. The van der Waals surface area contributed by atoms with Gasteiger partial charge in [0.2, 0.25) is 0 Å². The molecule has 0 saturated carbocycles. The predicted molar refractivity (Wildman–Crippen MR) is 37.1 cm³/mol. The summed E-state index contributed by atoms with van der Waals surface area (Å²) in [5, 5.41) is 0. The number of carbonyl (C=O) groups is 1. The highest BCUT2D eigenvalue weighted by atomic mass is 16.1. The Morgan fingerprint density at radius 3 is 3.00 bits per heavy atom. The van der Waals surface area contributed by atoms with E-state index in [9.17, 15) is 4.79 Å². The normalized spacial score (nSPS) is 25.4. The van der Waals surface area contributed by atoms with Crippen LogP contribution < -0.4 is 0 Å². The van der Waals surface area contributed by atoms with Crippen molar-refractivity contribution in [3.05, 3.63) is 23.8 Å². The monoisotopic (exact) mass is 122 g/mol. The number of hydrogen-bond acceptors (Lipinski definition) is 1. The van der Waals surface area contributed by atoms with Gasteiger partial charge in [-0.15, -0.1) is 0 Å². The molecule has 0 amide bonds. The molecule has 1 atom stereocenters. The highest BCUT2D eigenvalue weighted by Gasteiger charge is 2.00. The second kappa shape index (κ2) is 2.62. The van der Waals surface area contributed by atoms with Crippen LogP contribution in [-0.2, 0) is 4.79 Å². The van der Waals surface area contributed by atoms with Crippen LogP contribution in [0.2, 0.25) is 0 Å². The summed E-state index contributed by atoms with van der Waals surface area (Å²) in [7, 11) is 0. The van der Waals surface area contributed by atoms with Crippen LogP contribution in [-0.4, -0.2) is 6.29 Å². The third-order valence-corrected chi connectivity index (χ3v) is 1.48. The summed E-state index contributed by atoms with van der Waals surface area (Å²) in [5.74, 6) is 0.605. The molecule has 0 bridgehead atoms. The molecule has 0 aromatic heterocycles. The van der Waals surface area contributed by atoms with Crippen molar-refractivity contribution in [3.63, 3.8) is 0 Å². The Morgan fingerprint density at radius 2 is 2.56 bits per heavy atom. The second-order valence-corrected chi connectivity index (χ2v) is 2.39. The Labute approximate surface area is 55.1 Å². The summed E-state index contributed by atoms with van der Waals surface area (Å²) in [6.45, 7) is 2.13. The van der Waals surface area contributed by atoms with Gasteiger partial charge >= 0.3 is 0 Å². The Kier molecular flexibility index (Phi) is 1.83. The van der Waals surface area contributed by atoms with Crippen LogP contribution in [0.5, 0.6) is 0 Å². The van der Waals surface area contributed by atoms with Crippen molar-refractivity contribution in [2.75, 3.05) is 0 Å². The summed E-state index contributed by atoms with van der Waals surface area (Å²) in [6, 6.07) is 0. The van der Waals surface area contributed by atoms with E-state index in [2.05, 4.69) is 13.0 Å². The topological polar surface area (TPSA) is 17.1 Å². The van der Waals surface area contributed by atoms with E-state index in [1.807, 2.05) is 12.2 Å². The number of allylic oxidation sites excluding steroid dienone is 4. The maximum absolute atomic E-state index is 10.1. The van der Waals surface area contributed by atoms with Crippen molar-refractivity contribution < 1.29 is 4.79 Å². The number of aldehydes is 1. The van der Waals surface area contributed by atoms with Crippen molar-refractivity contribution in [3.8, 4) is 0 Å². The molecule has 0 aromatic carbocycles. The fourth-order valence-electron chi connectivity index (χ4n) is 0.831. The van der Waals surface area contributed by atoms with E-state index >= 15 is 0 Å². The minimum atomic E-state index is 0.605. The van der Waals surface area contributed by atoms with Crippen LogP contribution in [0.1, 0.15) is 13.3 Å². The van der Waals surface area contributed by atoms with Crippen molar-refractivity contribution in [2.24, 2.45) is 5.92 Å². The van der Waals surface area contributed by atoms with Gasteiger partial charge in [-0.25, -0.2) is 0 Å². The first kappa shape index (κ1) is 6.27. The molecular formula is C8H10O. The fourth-order valence-corrected chi connectivity index (χ4v) is 0.831. The first-order valence-electron chi connectivity index (χ1n) is 3.16. The van der Waals surface area contributed by atoms with Gasteiger partial charge in [0.05, 0.1) is 0 Å². The van der Waals surface area contributed by atoms with Crippen LogP contribution in [0.15, 0.2) is 23.8 Å². The van der Waals surface area contributed by atoms with E-state index in [-0.39, 0.29) is 0 Å². The molecular weight excluding hydrogens is 112 g/mol. The first-order valence-corrected chi connectivity index (χ1v) is 3.16. The van der Waals surface area contributed by atoms with Crippen LogP contribution in [0.25, 0.3) is 0 Å². The fraction of sp³-hybridized carbons (Fsp3) is 0.375. The van der Waals surface area contributed by atoms with E-state index in [0.717, 1.165) is 18.3 Å². The Hall–Kier alpha value is -0.850. The van der Waals surface area contributed by atoms with Crippen LogP contribution in [0.4, 0.5) is 0 Å². The van der Waals surface area contributed by atoms with Crippen molar-refractivity contribution in [1.29, 1.82) is 0 Å². The Bertz CT molecular complexity index is 165. The Morgan fingerprint density at radius 1 is 1.78 bits per heavy atom. The van der Waals surface area contributed by atoms with E-state index in [1.54, 1.807) is 0 Å². The quantitative estimate of drug-likeness (QED) is 0.484. The molecule has 0 aliphatic heterocycles. The third-order valence-electron chi connectivity index (χ3n) is 1.48. The van der Waals surface area contributed by atoms with Crippen LogP contribution in [0.3, 0.4) is 0 Å². The molecule has 0 unspecified atom stereocenters. The summed E-state index contributed by atoms with van der Waals surface area (Å²) < 4.78 is 0. The molecule has 1 aliphatic carbocycles. The zero-order chi connectivity index (χ0) is 6.69. The lowest BCUT2D eigenvalue weighted by Gasteiger charge is -2.06. The summed E-state index contributed by atoms with van der Waals surface area (Å²) in [5.41, 5.74) is 0.813. The SMILES string of the molecule is C[C@@H]1C=CC(C=O)=CC1. The summed E-state index contributed by atoms with van der Waals surface area (Å²) in [6.07, 6.45) is 7.80. The van der Waals surface area contributed by atoms with Crippen molar-refractivity contribution in [2.45, 2.75) is 13.3 Å². The van der Waals surface area contributed by atoms with E-state index in [1.165, 1.54) is 0 Å². The number of carbonyl (C=O) groups excluding carboxylic acids is 1. The molecule has 1 nitrogen and oxygen atoms in total. The number of rotatable bonds is 1. The zero-order valence-corrected chi connectivity index (χ0v) is 5.50. The lowest BCUT2D eigenvalue weighted by molar-refractivity contribution is -0.104. The van der Waals surface area contributed by atoms with Crippen LogP contribution in [0, 0.1) is 5.92 Å². The molecule has 1 rings (SSSR count). The molecule has 0 fully saturated rings. The van der Waals surface area contributed by atoms with Crippen molar-refractivity contribution in [1.82, 2.24) is 0 Å². The van der Waals surface area contributed by atoms with Gasteiger partial charge in [-0.1, -0.05) is 25.2 Å². The Balaban J connectivity index is 2.62. The minimum absolute atomic E-state index is 0.605. The van der Waals surface area contributed by atoms with E-state index in [0.29, 0.717) is 5.92 Å². The largest absolute Gasteiger partial charge is 0.298 e. The van der Waals surface area contributed by atoms with Gasteiger partial charge in [0.15, 0.2) is 0 Å². The second-order valence-electron chi connectivity index (χ2n) is 2.39. The zero-order valence-electron chi connectivity index (χ0n) is 5.50. The average molecular weight is 122 g/mol. The average Bonchev–Trinajstić information content (AvgIpc) is 1.90. The van der Waals surface area contributed by atoms with E-state index in [4.69, 9.17) is 0 Å². The van der Waals surface area contributed by atoms with Gasteiger partial charge in [-0.05, 0) is 12.3 Å². The predicted octanol–water partition coefficient (Wildman–Crippen LogP) is 1.71. The summed E-state index contributed by atoms with van der Waals surface area (Å²) in [4.78, 5) is 10.1. The standard InChI is InChI=1S/C8H10O/c1-7-2-4-8(6-9)5-3-7/h2,4-7H,3H2,1H3/t7-/m1/s1. The molecule has 0 saturated heterocycles. The summed E-state index contributed by atoms with van der Waals surface area (Å²) >= 11 is 0. The first-order chi connectivity index (χ1) is 4.33. The number of hydrogen-bond donors (Lipinski definition) is 0. The lowest BCUT2D eigenvalue weighted by atomic mass is 9.99. The highest BCUT2D eigenvalue weighted by molar-refractivity contribution is 5.77. The molecule has 0 radical (unpaired) electrons. The van der Waals surface area contributed by atoms with Gasteiger partial charge < -0.3 is 0 Å². The molecule has 0 spiro atoms. The maximum atomic E-state index is 10.1. The molecule has 0 heterocycles. The molecule has 48 valence electrons. The van der Waals surface area contributed by atoms with Gasteiger partial charge in [-0.3, -0.25) is 4.79 Å². The molecule has 1 aliphatic rings. The van der Waals surface area contributed by atoms with Gasteiger partial charge in [-0.2, -0.15) is 0 Å². The van der Waals surface area contributed by atoms with E-state index < -0.39 is 0 Å². The smallest absolute Gasteiger partial charge is 0.149 e. The van der Waals surface area contributed by atoms with Crippen LogP contribution >= 0.6 is 0 Å². The molecule has 1 heteroatoms. The molecule has 9 heavy (non-hydrogen) atoms. The molecule has 0 N–H and O–H groups in total. The maximum Gasteiger partial charge on any atom is 0.149 e. The third kappa shape index (κ3) is 1.53. The van der Waals surface area contributed by atoms with Gasteiger partial charge in [0, 0.05) is 5.57 Å². The van der Waals surface area contributed by atoms with Gasteiger partial charge in [0.25, 0.3) is 0 Å².